The monoisotopic (exact) mass is 172 g/mol. The van der Waals surface area contributed by atoms with Gasteiger partial charge in [-0.25, -0.2) is 13.8 Å². The van der Waals surface area contributed by atoms with Gasteiger partial charge in [0.15, 0.2) is 0 Å². The van der Waals surface area contributed by atoms with Gasteiger partial charge in [0.2, 0.25) is 5.78 Å². The number of ketones is 1. The molecule has 12 heavy (non-hydrogen) atoms. The van der Waals surface area contributed by atoms with E-state index in [1.807, 2.05) is 0 Å². The molecule has 0 aliphatic carbocycles. The number of aromatic nitrogens is 2. The quantitative estimate of drug-likeness (QED) is 0.630. The lowest BCUT2D eigenvalue weighted by Crippen LogP contribution is -2.14. The van der Waals surface area contributed by atoms with E-state index in [0.29, 0.717) is 0 Å². The Morgan fingerprint density at radius 1 is 1.42 bits per heavy atom. The summed E-state index contributed by atoms with van der Waals surface area (Å²) < 4.78 is 23.8. The number of halogens is 2. The van der Waals surface area contributed by atoms with Gasteiger partial charge in [0.1, 0.15) is 5.69 Å². The SMILES string of the molecule is Cc1nccnc1C(=O)C(F)F. The highest BCUT2D eigenvalue weighted by Gasteiger charge is 2.21. The molecular weight excluding hydrogens is 166 g/mol. The number of carbonyl (C=O) groups is 1. The molecule has 0 fully saturated rings. The Kier molecular flexibility index (Phi) is 2.42. The molecule has 0 aliphatic heterocycles. The zero-order chi connectivity index (χ0) is 9.14. The Morgan fingerprint density at radius 3 is 2.50 bits per heavy atom. The highest BCUT2D eigenvalue weighted by molar-refractivity contribution is 5.97. The minimum atomic E-state index is -3.01. The van der Waals surface area contributed by atoms with Gasteiger partial charge in [-0.3, -0.25) is 9.78 Å². The van der Waals surface area contributed by atoms with Crippen molar-refractivity contribution in [2.75, 3.05) is 0 Å². The van der Waals surface area contributed by atoms with Crippen molar-refractivity contribution in [2.24, 2.45) is 0 Å². The fourth-order valence-electron chi connectivity index (χ4n) is 0.753. The Morgan fingerprint density at radius 2 is 2.00 bits per heavy atom. The van der Waals surface area contributed by atoms with Crippen molar-refractivity contribution in [3.63, 3.8) is 0 Å². The van der Waals surface area contributed by atoms with Crippen LogP contribution in [0, 0.1) is 6.92 Å². The Balaban J connectivity index is 3.03. The van der Waals surface area contributed by atoms with E-state index in [0.717, 1.165) is 0 Å². The summed E-state index contributed by atoms with van der Waals surface area (Å²) in [5, 5.41) is 0. The number of rotatable bonds is 2. The zero-order valence-corrected chi connectivity index (χ0v) is 6.29. The lowest BCUT2D eigenvalue weighted by atomic mass is 10.2. The molecule has 1 aromatic heterocycles. The maximum Gasteiger partial charge on any atom is 0.302 e. The summed E-state index contributed by atoms with van der Waals surface area (Å²) in [6.07, 6.45) is -0.458. The first kappa shape index (κ1) is 8.70. The lowest BCUT2D eigenvalue weighted by Gasteiger charge is -1.99. The minimum Gasteiger partial charge on any atom is -0.286 e. The summed E-state index contributed by atoms with van der Waals surface area (Å²) in [5.41, 5.74) is -0.0321. The van der Waals surface area contributed by atoms with E-state index in [-0.39, 0.29) is 11.4 Å². The Bertz CT molecular complexity index is 301. The molecule has 0 aliphatic rings. The molecule has 0 bridgehead atoms. The maximum absolute atomic E-state index is 11.9. The van der Waals surface area contributed by atoms with Crippen LogP contribution in [0.25, 0.3) is 0 Å². The number of hydrogen-bond acceptors (Lipinski definition) is 3. The minimum absolute atomic E-state index is 0.225. The van der Waals surface area contributed by atoms with Gasteiger partial charge in [-0.1, -0.05) is 0 Å². The maximum atomic E-state index is 11.9. The molecule has 0 atom stereocenters. The number of nitrogens with zero attached hydrogens (tertiary/aromatic N) is 2. The van der Waals surface area contributed by atoms with Crippen molar-refractivity contribution < 1.29 is 13.6 Å². The summed E-state index contributed by atoms with van der Waals surface area (Å²) in [7, 11) is 0. The molecule has 5 heteroatoms. The molecule has 0 spiro atoms. The number of alkyl halides is 2. The van der Waals surface area contributed by atoms with Gasteiger partial charge in [0.05, 0.1) is 5.69 Å². The molecule has 0 unspecified atom stereocenters. The van der Waals surface area contributed by atoms with Gasteiger partial charge in [0, 0.05) is 12.4 Å². The van der Waals surface area contributed by atoms with Crippen LogP contribution in [0.3, 0.4) is 0 Å². The first-order chi connectivity index (χ1) is 5.63. The van der Waals surface area contributed by atoms with E-state index in [4.69, 9.17) is 0 Å². The topological polar surface area (TPSA) is 42.9 Å². The molecule has 0 radical (unpaired) electrons. The average molecular weight is 172 g/mol. The van der Waals surface area contributed by atoms with E-state index in [1.54, 1.807) is 0 Å². The smallest absolute Gasteiger partial charge is 0.286 e. The molecule has 64 valence electrons. The molecule has 1 aromatic rings. The normalized spacial score (nSPS) is 10.3. The van der Waals surface area contributed by atoms with Gasteiger partial charge in [-0.2, -0.15) is 0 Å². The summed E-state index contributed by atoms with van der Waals surface area (Å²) in [4.78, 5) is 17.9. The molecule has 0 amide bonds. The number of aryl methyl sites for hydroxylation is 1. The summed E-state index contributed by atoms with van der Waals surface area (Å²) in [6, 6.07) is 0. The van der Waals surface area contributed by atoms with Crippen LogP contribution in [0.4, 0.5) is 8.78 Å². The van der Waals surface area contributed by atoms with Gasteiger partial charge in [-0.05, 0) is 6.92 Å². The third-order valence-corrected chi connectivity index (χ3v) is 1.31. The second kappa shape index (κ2) is 3.34. The van der Waals surface area contributed by atoms with Crippen LogP contribution in [-0.2, 0) is 0 Å². The molecule has 0 saturated carbocycles. The van der Waals surface area contributed by atoms with E-state index in [1.165, 1.54) is 19.3 Å². The third-order valence-electron chi connectivity index (χ3n) is 1.31. The molecule has 0 N–H and O–H groups in total. The van der Waals surface area contributed by atoms with Crippen LogP contribution in [0.2, 0.25) is 0 Å². The highest BCUT2D eigenvalue weighted by atomic mass is 19.3. The number of Topliss-reactive ketones (excluding diaryl/α,β-unsaturated/α-hetero) is 1. The predicted octanol–water partition coefficient (Wildman–Crippen LogP) is 1.23. The van der Waals surface area contributed by atoms with E-state index in [9.17, 15) is 13.6 Å². The Labute approximate surface area is 67.5 Å². The van der Waals surface area contributed by atoms with Crippen molar-refractivity contribution in [1.29, 1.82) is 0 Å². The molecule has 1 heterocycles. The summed E-state index contributed by atoms with van der Waals surface area (Å²) >= 11 is 0. The van der Waals surface area contributed by atoms with Gasteiger partial charge in [-0.15, -0.1) is 0 Å². The standard InChI is InChI=1S/C7H6F2N2O/c1-4-5(6(12)7(8)9)11-3-2-10-4/h2-3,7H,1H3. The first-order valence-electron chi connectivity index (χ1n) is 3.23. The second-order valence-corrected chi connectivity index (χ2v) is 2.16. The van der Waals surface area contributed by atoms with Crippen LogP contribution in [-0.4, -0.2) is 22.2 Å². The number of carbonyl (C=O) groups excluding carboxylic acids is 1. The lowest BCUT2D eigenvalue weighted by molar-refractivity contribution is 0.0672. The number of hydrogen-bond donors (Lipinski definition) is 0. The van der Waals surface area contributed by atoms with Crippen LogP contribution in [0.5, 0.6) is 0 Å². The fourth-order valence-corrected chi connectivity index (χ4v) is 0.753. The van der Waals surface area contributed by atoms with Crippen molar-refractivity contribution in [3.8, 4) is 0 Å². The van der Waals surface area contributed by atoms with Gasteiger partial charge >= 0.3 is 6.43 Å². The van der Waals surface area contributed by atoms with Crippen molar-refractivity contribution in [3.05, 3.63) is 23.8 Å². The molecular formula is C7H6F2N2O. The van der Waals surface area contributed by atoms with Gasteiger partial charge < -0.3 is 0 Å². The first-order valence-corrected chi connectivity index (χ1v) is 3.23. The predicted molar refractivity (Wildman–Crippen MR) is 37.1 cm³/mol. The zero-order valence-electron chi connectivity index (χ0n) is 6.29. The van der Waals surface area contributed by atoms with Crippen LogP contribution in [0.15, 0.2) is 12.4 Å². The summed E-state index contributed by atoms with van der Waals surface area (Å²) in [5.74, 6) is -1.28. The van der Waals surface area contributed by atoms with E-state index < -0.39 is 12.2 Å². The van der Waals surface area contributed by atoms with Crippen LogP contribution < -0.4 is 0 Å². The molecule has 1 rings (SSSR count). The highest BCUT2D eigenvalue weighted by Crippen LogP contribution is 2.06. The van der Waals surface area contributed by atoms with E-state index >= 15 is 0 Å². The van der Waals surface area contributed by atoms with Gasteiger partial charge in [0.25, 0.3) is 0 Å². The Hall–Kier alpha value is -1.39. The second-order valence-electron chi connectivity index (χ2n) is 2.16. The van der Waals surface area contributed by atoms with E-state index in [2.05, 4.69) is 9.97 Å². The average Bonchev–Trinajstić information content (AvgIpc) is 2.04. The fraction of sp³-hybridized carbons (Fsp3) is 0.286. The molecule has 3 nitrogen and oxygen atoms in total. The van der Waals surface area contributed by atoms with Crippen molar-refractivity contribution >= 4 is 5.78 Å². The third kappa shape index (κ3) is 1.61. The van der Waals surface area contributed by atoms with Crippen LogP contribution in [0.1, 0.15) is 16.2 Å². The molecule has 0 aromatic carbocycles. The van der Waals surface area contributed by atoms with Crippen molar-refractivity contribution in [2.45, 2.75) is 13.3 Å². The van der Waals surface area contributed by atoms with Crippen LogP contribution >= 0.6 is 0 Å². The summed E-state index contributed by atoms with van der Waals surface area (Å²) in [6.45, 7) is 1.46. The molecule has 0 saturated heterocycles. The van der Waals surface area contributed by atoms with Crippen molar-refractivity contribution in [1.82, 2.24) is 9.97 Å². The largest absolute Gasteiger partial charge is 0.302 e.